The van der Waals surface area contributed by atoms with Crippen molar-refractivity contribution in [2.24, 2.45) is 0 Å². The molecule has 0 aliphatic heterocycles. The normalized spacial score (nSPS) is 11.7. The smallest absolute Gasteiger partial charge is 0.264 e. The average Bonchev–Trinajstić information content (AvgIpc) is 2.29. The molecule has 0 fully saturated rings. The summed E-state index contributed by atoms with van der Waals surface area (Å²) in [5.74, 6) is -0.00609. The number of hydrogen-bond donors (Lipinski definition) is 1. The maximum atomic E-state index is 13.5. The highest BCUT2D eigenvalue weighted by Crippen LogP contribution is 2.26. The zero-order valence-electron chi connectivity index (χ0n) is 11.2. The molecule has 0 radical (unpaired) electrons. The van der Waals surface area contributed by atoms with Crippen LogP contribution in [0.1, 0.15) is 26.5 Å². The molecule has 2 aromatic rings. The van der Waals surface area contributed by atoms with Crippen LogP contribution in [0.5, 0.6) is 0 Å². The fourth-order valence-electron chi connectivity index (χ4n) is 1.78. The predicted molar refractivity (Wildman–Crippen MR) is 89.4 cm³/mol. The van der Waals surface area contributed by atoms with Gasteiger partial charge in [0.15, 0.2) is 0 Å². The summed E-state index contributed by atoms with van der Waals surface area (Å²) in [5.41, 5.74) is 0.776. The van der Waals surface area contributed by atoms with Gasteiger partial charge >= 0.3 is 0 Å². The number of hydrogen-bond acceptors (Lipinski definition) is 2. The van der Waals surface area contributed by atoms with Crippen molar-refractivity contribution < 1.29 is 4.39 Å². The second-order valence-electron chi connectivity index (χ2n) is 5.49. The van der Waals surface area contributed by atoms with E-state index in [0.717, 1.165) is 0 Å². The minimum Gasteiger partial charge on any atom is -0.306 e. The molecule has 0 aliphatic carbocycles. The van der Waals surface area contributed by atoms with E-state index in [-0.39, 0.29) is 16.8 Å². The molecule has 1 aromatic heterocycles. The van der Waals surface area contributed by atoms with Gasteiger partial charge in [-0.1, -0.05) is 36.7 Å². The van der Waals surface area contributed by atoms with Crippen molar-refractivity contribution in [2.45, 2.75) is 26.2 Å². The van der Waals surface area contributed by atoms with Gasteiger partial charge in [-0.25, -0.2) is 9.37 Å². The molecule has 2 rings (SSSR count). The summed E-state index contributed by atoms with van der Waals surface area (Å²) in [6.07, 6.45) is 0. The van der Waals surface area contributed by atoms with E-state index >= 15 is 0 Å². The molecule has 0 unspecified atom stereocenters. The molecular formula is C14H13BrFIN2O. The van der Waals surface area contributed by atoms with Gasteiger partial charge in [-0.05, 0) is 40.8 Å². The lowest BCUT2D eigenvalue weighted by molar-refractivity contribution is 0.562. The number of nitrogens with one attached hydrogen (secondary N) is 1. The van der Waals surface area contributed by atoms with E-state index in [9.17, 15) is 9.18 Å². The fraction of sp³-hybridized carbons (Fsp3) is 0.286. The van der Waals surface area contributed by atoms with Crippen LogP contribution in [0.3, 0.4) is 0 Å². The van der Waals surface area contributed by atoms with Gasteiger partial charge in [0.2, 0.25) is 0 Å². The monoisotopic (exact) mass is 450 g/mol. The minimum atomic E-state index is -0.382. The number of halogens is 3. The summed E-state index contributed by atoms with van der Waals surface area (Å²) in [7, 11) is 0. The van der Waals surface area contributed by atoms with Crippen LogP contribution in [0.2, 0.25) is 0 Å². The van der Waals surface area contributed by atoms with Crippen LogP contribution in [0.15, 0.2) is 27.5 Å². The molecular weight excluding hydrogens is 438 g/mol. The lowest BCUT2D eigenvalue weighted by Gasteiger charge is -2.19. The van der Waals surface area contributed by atoms with Crippen LogP contribution >= 0.6 is 38.5 Å². The number of nitrogens with zero attached hydrogens (tertiary/aromatic N) is 1. The van der Waals surface area contributed by atoms with Crippen molar-refractivity contribution in [2.75, 3.05) is 0 Å². The van der Waals surface area contributed by atoms with Crippen LogP contribution in [-0.2, 0) is 5.41 Å². The number of benzene rings is 1. The van der Waals surface area contributed by atoms with Gasteiger partial charge in [0.1, 0.15) is 15.2 Å². The number of aromatic amines is 1. The Morgan fingerprint density at radius 1 is 1.30 bits per heavy atom. The van der Waals surface area contributed by atoms with Crippen LogP contribution in [0.25, 0.3) is 11.4 Å². The Kier molecular flexibility index (Phi) is 4.34. The zero-order valence-corrected chi connectivity index (χ0v) is 15.0. The van der Waals surface area contributed by atoms with Crippen molar-refractivity contribution in [1.82, 2.24) is 9.97 Å². The summed E-state index contributed by atoms with van der Waals surface area (Å²) in [6, 6.07) is 4.43. The van der Waals surface area contributed by atoms with Gasteiger partial charge in [0.25, 0.3) is 5.56 Å². The molecule has 0 aliphatic rings. The summed E-state index contributed by atoms with van der Waals surface area (Å²) in [4.78, 5) is 19.2. The van der Waals surface area contributed by atoms with Gasteiger partial charge in [-0.15, -0.1) is 0 Å². The van der Waals surface area contributed by atoms with E-state index in [4.69, 9.17) is 0 Å². The van der Waals surface area contributed by atoms with Crippen molar-refractivity contribution >= 4 is 38.5 Å². The quantitative estimate of drug-likeness (QED) is 0.660. The molecule has 0 saturated carbocycles. The first-order valence-electron chi connectivity index (χ1n) is 5.95. The summed E-state index contributed by atoms with van der Waals surface area (Å²) >= 11 is 5.23. The predicted octanol–water partition coefficient (Wildman–Crippen LogP) is 4.24. The lowest BCUT2D eigenvalue weighted by Crippen LogP contribution is -2.24. The van der Waals surface area contributed by atoms with Crippen molar-refractivity contribution in [3.05, 3.63) is 48.1 Å². The number of H-pyrrole nitrogens is 1. The van der Waals surface area contributed by atoms with E-state index in [1.165, 1.54) is 12.1 Å². The van der Waals surface area contributed by atoms with Gasteiger partial charge in [0.05, 0.1) is 5.69 Å². The first-order chi connectivity index (χ1) is 9.18. The molecule has 0 spiro atoms. The van der Waals surface area contributed by atoms with Gasteiger partial charge < -0.3 is 4.98 Å². The van der Waals surface area contributed by atoms with E-state index in [1.807, 2.05) is 43.4 Å². The van der Waals surface area contributed by atoms with E-state index in [1.54, 1.807) is 6.07 Å². The molecule has 0 bridgehead atoms. The topological polar surface area (TPSA) is 45.8 Å². The number of rotatable bonds is 1. The average molecular weight is 451 g/mol. The highest BCUT2D eigenvalue weighted by molar-refractivity contribution is 14.1. The molecule has 106 valence electrons. The zero-order chi connectivity index (χ0) is 15.1. The SMILES string of the molecule is CC(C)(C)c1nc(-c2cc(F)cc(Br)c2)[nH]c(=O)c1I. The standard InChI is InChI=1S/C14H13BrFIN2O/c1-14(2,3)11-10(17)13(20)19-12(18-11)7-4-8(15)6-9(16)5-7/h4-6H,1-3H3,(H,18,19,20). The molecule has 1 aromatic carbocycles. The summed E-state index contributed by atoms with van der Waals surface area (Å²) in [6.45, 7) is 5.96. The van der Waals surface area contributed by atoms with E-state index in [0.29, 0.717) is 25.1 Å². The van der Waals surface area contributed by atoms with Crippen LogP contribution in [-0.4, -0.2) is 9.97 Å². The number of aromatic nitrogens is 2. The highest BCUT2D eigenvalue weighted by Gasteiger charge is 2.22. The minimum absolute atomic E-state index is 0.207. The molecule has 0 saturated heterocycles. The Balaban J connectivity index is 2.70. The highest BCUT2D eigenvalue weighted by atomic mass is 127. The van der Waals surface area contributed by atoms with Crippen LogP contribution < -0.4 is 5.56 Å². The van der Waals surface area contributed by atoms with Crippen LogP contribution in [0, 0.1) is 9.39 Å². The second-order valence-corrected chi connectivity index (χ2v) is 7.48. The molecule has 0 amide bonds. The Labute approximate surface area is 138 Å². The van der Waals surface area contributed by atoms with E-state index < -0.39 is 0 Å². The third-order valence-corrected chi connectivity index (χ3v) is 4.17. The molecule has 20 heavy (non-hydrogen) atoms. The lowest BCUT2D eigenvalue weighted by atomic mass is 9.92. The summed E-state index contributed by atoms with van der Waals surface area (Å²) < 4.78 is 14.6. The molecule has 3 nitrogen and oxygen atoms in total. The Bertz CT molecular complexity index is 702. The maximum Gasteiger partial charge on any atom is 0.264 e. The largest absolute Gasteiger partial charge is 0.306 e. The molecule has 1 N–H and O–H groups in total. The first kappa shape index (κ1) is 15.6. The van der Waals surface area contributed by atoms with Crippen molar-refractivity contribution in [1.29, 1.82) is 0 Å². The molecule has 6 heteroatoms. The molecule has 0 atom stereocenters. The van der Waals surface area contributed by atoms with Gasteiger partial charge in [-0.2, -0.15) is 0 Å². The Morgan fingerprint density at radius 3 is 2.50 bits per heavy atom. The Hall–Kier alpha value is -0.760. The van der Waals surface area contributed by atoms with Gasteiger partial charge in [0, 0.05) is 15.5 Å². The third-order valence-electron chi connectivity index (χ3n) is 2.71. The third kappa shape index (κ3) is 3.28. The molecule has 1 heterocycles. The Morgan fingerprint density at radius 2 is 1.95 bits per heavy atom. The first-order valence-corrected chi connectivity index (χ1v) is 7.82. The van der Waals surface area contributed by atoms with Gasteiger partial charge in [-0.3, -0.25) is 4.79 Å². The second kappa shape index (κ2) is 5.55. The summed E-state index contributed by atoms with van der Waals surface area (Å²) in [5, 5.41) is 0. The maximum absolute atomic E-state index is 13.5. The van der Waals surface area contributed by atoms with Crippen LogP contribution in [0.4, 0.5) is 4.39 Å². The van der Waals surface area contributed by atoms with Crippen molar-refractivity contribution in [3.63, 3.8) is 0 Å². The van der Waals surface area contributed by atoms with Crippen molar-refractivity contribution in [3.8, 4) is 11.4 Å². The fourth-order valence-corrected chi connectivity index (χ4v) is 3.31. The van der Waals surface area contributed by atoms with E-state index in [2.05, 4.69) is 25.9 Å².